The van der Waals surface area contributed by atoms with Crippen LogP contribution >= 0.6 is 0 Å². The Morgan fingerprint density at radius 1 is 1.31 bits per heavy atom. The number of aliphatic carboxylic acids is 1. The number of carboxylic acids is 1. The summed E-state index contributed by atoms with van der Waals surface area (Å²) >= 11 is 0. The predicted octanol–water partition coefficient (Wildman–Crippen LogP) is 1.47. The summed E-state index contributed by atoms with van der Waals surface area (Å²) in [5, 5.41) is 11.2. The molecule has 0 spiro atoms. The van der Waals surface area contributed by atoms with Crippen LogP contribution in [-0.2, 0) is 4.79 Å². The van der Waals surface area contributed by atoms with E-state index in [2.05, 4.69) is 5.32 Å². The Balaban J connectivity index is 2.07. The molecule has 0 unspecified atom stereocenters. The molecule has 16 heavy (non-hydrogen) atoms. The molecule has 1 fully saturated rings. The summed E-state index contributed by atoms with van der Waals surface area (Å²) in [6.45, 7) is 0. The second-order valence-corrected chi connectivity index (χ2v) is 4.52. The molecule has 1 aliphatic carbocycles. The molecule has 0 saturated heterocycles. The van der Waals surface area contributed by atoms with Crippen LogP contribution in [-0.4, -0.2) is 23.1 Å². The van der Waals surface area contributed by atoms with Gasteiger partial charge in [-0.2, -0.15) is 0 Å². The summed E-state index contributed by atoms with van der Waals surface area (Å²) in [6.07, 6.45) is 6.11. The fourth-order valence-corrected chi connectivity index (χ4v) is 2.38. The van der Waals surface area contributed by atoms with E-state index in [4.69, 9.17) is 10.8 Å². The standard InChI is InChI=1S/C11H20N2O3/c12-11(16)13-9-6-5-8(7-9)3-1-2-4-10(14)15/h8-9H,1-7H2,(H,14,15)(H3,12,13,16)/t8-,9+/m1/s1. The first-order valence-corrected chi connectivity index (χ1v) is 5.85. The van der Waals surface area contributed by atoms with E-state index >= 15 is 0 Å². The zero-order chi connectivity index (χ0) is 12.0. The third kappa shape index (κ3) is 5.00. The molecule has 0 heterocycles. The lowest BCUT2D eigenvalue weighted by molar-refractivity contribution is -0.137. The number of amides is 2. The Labute approximate surface area is 95.4 Å². The average molecular weight is 228 g/mol. The molecule has 1 rings (SSSR count). The Hall–Kier alpha value is -1.26. The maximum Gasteiger partial charge on any atom is 0.312 e. The van der Waals surface area contributed by atoms with Crippen molar-refractivity contribution < 1.29 is 14.7 Å². The topological polar surface area (TPSA) is 92.4 Å². The van der Waals surface area contributed by atoms with E-state index in [0.29, 0.717) is 5.92 Å². The van der Waals surface area contributed by atoms with Gasteiger partial charge in [0.1, 0.15) is 0 Å². The molecule has 4 N–H and O–H groups in total. The highest BCUT2D eigenvalue weighted by molar-refractivity contribution is 5.71. The highest BCUT2D eigenvalue weighted by Crippen LogP contribution is 2.29. The zero-order valence-electron chi connectivity index (χ0n) is 9.45. The molecular weight excluding hydrogens is 208 g/mol. The predicted molar refractivity (Wildman–Crippen MR) is 60.0 cm³/mol. The van der Waals surface area contributed by atoms with Crippen LogP contribution in [0.2, 0.25) is 0 Å². The number of rotatable bonds is 6. The first-order valence-electron chi connectivity index (χ1n) is 5.85. The van der Waals surface area contributed by atoms with Gasteiger partial charge in [0.05, 0.1) is 0 Å². The fourth-order valence-electron chi connectivity index (χ4n) is 2.38. The third-order valence-electron chi connectivity index (χ3n) is 3.14. The largest absolute Gasteiger partial charge is 0.481 e. The molecule has 2 atom stereocenters. The molecule has 0 aromatic rings. The van der Waals surface area contributed by atoms with Gasteiger partial charge in [0.25, 0.3) is 0 Å². The van der Waals surface area contributed by atoms with Gasteiger partial charge in [0.15, 0.2) is 0 Å². The minimum atomic E-state index is -0.723. The van der Waals surface area contributed by atoms with Gasteiger partial charge >= 0.3 is 12.0 Å². The van der Waals surface area contributed by atoms with Gasteiger partial charge in [-0.15, -0.1) is 0 Å². The summed E-state index contributed by atoms with van der Waals surface area (Å²) in [5.41, 5.74) is 5.06. The van der Waals surface area contributed by atoms with E-state index in [1.165, 1.54) is 0 Å². The molecule has 0 aliphatic heterocycles. The molecule has 5 nitrogen and oxygen atoms in total. The SMILES string of the molecule is NC(=O)N[C@H]1CC[C@@H](CCCCC(=O)O)C1. The molecule has 5 heteroatoms. The van der Waals surface area contributed by atoms with E-state index < -0.39 is 12.0 Å². The monoisotopic (exact) mass is 228 g/mol. The number of nitrogens with one attached hydrogen (secondary N) is 1. The lowest BCUT2D eigenvalue weighted by Gasteiger charge is -2.11. The first-order chi connectivity index (χ1) is 7.58. The summed E-state index contributed by atoms with van der Waals surface area (Å²) < 4.78 is 0. The van der Waals surface area contributed by atoms with Gasteiger partial charge in [-0.05, 0) is 31.6 Å². The van der Waals surface area contributed by atoms with Crippen molar-refractivity contribution in [1.82, 2.24) is 5.32 Å². The van der Waals surface area contributed by atoms with E-state index in [1.807, 2.05) is 0 Å². The van der Waals surface area contributed by atoms with Gasteiger partial charge < -0.3 is 16.2 Å². The van der Waals surface area contributed by atoms with Crippen molar-refractivity contribution in [2.45, 2.75) is 51.0 Å². The van der Waals surface area contributed by atoms with Crippen LogP contribution in [0.1, 0.15) is 44.9 Å². The van der Waals surface area contributed by atoms with Crippen LogP contribution < -0.4 is 11.1 Å². The number of hydrogen-bond acceptors (Lipinski definition) is 2. The summed E-state index contributed by atoms with van der Waals surface area (Å²) in [4.78, 5) is 21.0. The van der Waals surface area contributed by atoms with Crippen molar-refractivity contribution >= 4 is 12.0 Å². The van der Waals surface area contributed by atoms with Crippen LogP contribution in [0.4, 0.5) is 4.79 Å². The number of carbonyl (C=O) groups excluding carboxylic acids is 1. The van der Waals surface area contributed by atoms with Gasteiger partial charge in [-0.1, -0.05) is 12.8 Å². The number of carboxylic acid groups (broad SMARTS) is 1. The summed E-state index contributed by atoms with van der Waals surface area (Å²) in [7, 11) is 0. The maximum atomic E-state index is 10.6. The summed E-state index contributed by atoms with van der Waals surface area (Å²) in [6, 6.07) is -0.224. The van der Waals surface area contributed by atoms with E-state index in [-0.39, 0.29) is 12.5 Å². The van der Waals surface area contributed by atoms with Crippen molar-refractivity contribution in [3.8, 4) is 0 Å². The van der Waals surface area contributed by atoms with Gasteiger partial charge in [-0.3, -0.25) is 4.79 Å². The maximum absolute atomic E-state index is 10.6. The Kier molecular flexibility index (Phi) is 5.08. The van der Waals surface area contributed by atoms with E-state index in [0.717, 1.165) is 38.5 Å². The number of carbonyl (C=O) groups is 2. The number of primary amides is 1. The fraction of sp³-hybridized carbons (Fsp3) is 0.818. The number of hydrogen-bond donors (Lipinski definition) is 3. The molecule has 0 radical (unpaired) electrons. The van der Waals surface area contributed by atoms with Crippen molar-refractivity contribution in [2.24, 2.45) is 11.7 Å². The number of unbranched alkanes of at least 4 members (excludes halogenated alkanes) is 1. The Bertz CT molecular complexity index is 256. The minimum absolute atomic E-state index is 0.224. The highest BCUT2D eigenvalue weighted by Gasteiger charge is 2.24. The summed E-state index contributed by atoms with van der Waals surface area (Å²) in [5.74, 6) is -0.106. The first kappa shape index (κ1) is 12.8. The van der Waals surface area contributed by atoms with Crippen molar-refractivity contribution in [1.29, 1.82) is 0 Å². The molecule has 1 saturated carbocycles. The van der Waals surface area contributed by atoms with Crippen LogP contribution in [0.5, 0.6) is 0 Å². The van der Waals surface area contributed by atoms with Crippen molar-refractivity contribution in [3.63, 3.8) is 0 Å². The van der Waals surface area contributed by atoms with Gasteiger partial charge in [0, 0.05) is 12.5 Å². The Morgan fingerprint density at radius 3 is 2.69 bits per heavy atom. The number of nitrogens with two attached hydrogens (primary N) is 1. The highest BCUT2D eigenvalue weighted by atomic mass is 16.4. The molecule has 0 aromatic carbocycles. The third-order valence-corrected chi connectivity index (χ3v) is 3.14. The lowest BCUT2D eigenvalue weighted by Crippen LogP contribution is -2.37. The normalized spacial score (nSPS) is 24.2. The smallest absolute Gasteiger partial charge is 0.312 e. The zero-order valence-corrected chi connectivity index (χ0v) is 9.45. The minimum Gasteiger partial charge on any atom is -0.481 e. The van der Waals surface area contributed by atoms with Crippen LogP contribution in [0, 0.1) is 5.92 Å². The van der Waals surface area contributed by atoms with Crippen molar-refractivity contribution in [3.05, 3.63) is 0 Å². The molecule has 92 valence electrons. The van der Waals surface area contributed by atoms with Crippen LogP contribution in [0.15, 0.2) is 0 Å². The second kappa shape index (κ2) is 6.35. The quantitative estimate of drug-likeness (QED) is 0.601. The van der Waals surface area contributed by atoms with Gasteiger partial charge in [0.2, 0.25) is 0 Å². The van der Waals surface area contributed by atoms with E-state index in [9.17, 15) is 9.59 Å². The molecule has 0 bridgehead atoms. The van der Waals surface area contributed by atoms with E-state index in [1.54, 1.807) is 0 Å². The molecule has 2 amide bonds. The van der Waals surface area contributed by atoms with Crippen LogP contribution in [0.25, 0.3) is 0 Å². The average Bonchev–Trinajstić information content (AvgIpc) is 2.59. The Morgan fingerprint density at radius 2 is 2.06 bits per heavy atom. The van der Waals surface area contributed by atoms with Crippen molar-refractivity contribution in [2.75, 3.05) is 0 Å². The number of urea groups is 1. The molecule has 1 aliphatic rings. The molecular formula is C11H20N2O3. The second-order valence-electron chi connectivity index (χ2n) is 4.52. The van der Waals surface area contributed by atoms with Crippen LogP contribution in [0.3, 0.4) is 0 Å². The van der Waals surface area contributed by atoms with Gasteiger partial charge in [-0.25, -0.2) is 4.79 Å². The molecule has 0 aromatic heterocycles. The lowest BCUT2D eigenvalue weighted by atomic mass is 9.99.